The summed E-state index contributed by atoms with van der Waals surface area (Å²) in [5.74, 6) is -0.582. The van der Waals surface area contributed by atoms with Gasteiger partial charge in [0.1, 0.15) is 11.9 Å². The second-order valence-electron chi connectivity index (χ2n) is 6.66. The third-order valence-corrected chi connectivity index (χ3v) is 5.85. The lowest BCUT2D eigenvalue weighted by atomic mass is 10.2. The number of carbonyl (C=O) groups excluding carboxylic acids is 2. The maximum Gasteiger partial charge on any atom is 0.250 e. The topological polar surface area (TPSA) is 40.6 Å². The van der Waals surface area contributed by atoms with Gasteiger partial charge in [-0.25, -0.2) is 4.39 Å². The number of likely N-dealkylation sites (tertiary alicyclic amines) is 1. The van der Waals surface area contributed by atoms with Gasteiger partial charge >= 0.3 is 0 Å². The quantitative estimate of drug-likeness (QED) is 0.600. The first-order valence-corrected chi connectivity index (χ1v) is 10.0. The van der Waals surface area contributed by atoms with Crippen LogP contribution >= 0.6 is 11.8 Å². The Balaban J connectivity index is 1.50. The van der Waals surface area contributed by atoms with Crippen molar-refractivity contribution in [1.82, 2.24) is 4.90 Å². The fraction of sp³-hybridized carbons (Fsp3) is 0.238. The number of nitrogens with zero attached hydrogens (tertiary/aromatic N) is 2. The molecule has 2 heterocycles. The van der Waals surface area contributed by atoms with E-state index < -0.39 is 6.04 Å². The van der Waals surface area contributed by atoms with Crippen LogP contribution in [0.5, 0.6) is 0 Å². The average Bonchev–Trinajstić information content (AvgIpc) is 3.24. The summed E-state index contributed by atoms with van der Waals surface area (Å²) in [6, 6.07) is 13.5. The van der Waals surface area contributed by atoms with Crippen LogP contribution in [0.25, 0.3) is 6.08 Å². The van der Waals surface area contributed by atoms with Gasteiger partial charge in [0, 0.05) is 17.5 Å². The van der Waals surface area contributed by atoms with E-state index in [1.165, 1.54) is 18.2 Å². The van der Waals surface area contributed by atoms with Crippen molar-refractivity contribution in [2.75, 3.05) is 17.7 Å². The van der Waals surface area contributed by atoms with Crippen LogP contribution in [0.15, 0.2) is 59.5 Å². The Labute approximate surface area is 161 Å². The zero-order chi connectivity index (χ0) is 19.0. The molecule has 6 heteroatoms. The molecule has 2 amide bonds. The molecule has 2 saturated heterocycles. The van der Waals surface area contributed by atoms with Crippen LogP contribution in [0.2, 0.25) is 0 Å². The van der Waals surface area contributed by atoms with E-state index >= 15 is 0 Å². The van der Waals surface area contributed by atoms with Crippen molar-refractivity contribution in [2.45, 2.75) is 23.4 Å². The molecule has 0 unspecified atom stereocenters. The highest BCUT2D eigenvalue weighted by atomic mass is 32.2. The SMILES string of the molecule is CSc1ccccc1N1C(=O)[C@@H]2C[C@H]1CN2C(=O)/C=C/c1cccc(F)c1. The van der Waals surface area contributed by atoms with Gasteiger partial charge in [0.25, 0.3) is 0 Å². The highest BCUT2D eigenvalue weighted by molar-refractivity contribution is 7.98. The molecule has 0 N–H and O–H groups in total. The summed E-state index contributed by atoms with van der Waals surface area (Å²) >= 11 is 1.61. The van der Waals surface area contributed by atoms with Crippen LogP contribution in [0.3, 0.4) is 0 Å². The molecular weight excluding hydrogens is 363 g/mol. The molecule has 27 heavy (non-hydrogen) atoms. The summed E-state index contributed by atoms with van der Waals surface area (Å²) in [4.78, 5) is 30.0. The molecule has 2 aliphatic heterocycles. The maximum atomic E-state index is 13.3. The highest BCUT2D eigenvalue weighted by Crippen LogP contribution is 2.39. The second kappa shape index (κ2) is 7.19. The number of hydrogen-bond acceptors (Lipinski definition) is 3. The van der Waals surface area contributed by atoms with E-state index in [1.807, 2.05) is 35.4 Å². The number of benzene rings is 2. The normalized spacial score (nSPS) is 21.5. The average molecular weight is 382 g/mol. The van der Waals surface area contributed by atoms with Crippen LogP contribution < -0.4 is 4.90 Å². The Kier molecular flexibility index (Phi) is 4.74. The third-order valence-electron chi connectivity index (χ3n) is 5.06. The number of hydrogen-bond donors (Lipinski definition) is 0. The molecule has 2 aromatic carbocycles. The molecule has 138 valence electrons. The predicted octanol–water partition coefficient (Wildman–Crippen LogP) is 3.58. The molecule has 2 bridgehead atoms. The minimum absolute atomic E-state index is 0.00215. The monoisotopic (exact) mass is 382 g/mol. The number of halogens is 1. The van der Waals surface area contributed by atoms with E-state index in [0.717, 1.165) is 10.6 Å². The van der Waals surface area contributed by atoms with Gasteiger partial charge in [0.15, 0.2) is 0 Å². The smallest absolute Gasteiger partial charge is 0.250 e. The van der Waals surface area contributed by atoms with Crippen molar-refractivity contribution in [3.05, 3.63) is 66.0 Å². The summed E-state index contributed by atoms with van der Waals surface area (Å²) in [7, 11) is 0. The largest absolute Gasteiger partial charge is 0.325 e. The molecule has 2 fully saturated rings. The summed E-state index contributed by atoms with van der Waals surface area (Å²) in [6.45, 7) is 0.519. The van der Waals surface area contributed by atoms with E-state index in [1.54, 1.807) is 34.9 Å². The maximum absolute atomic E-state index is 13.3. The molecule has 0 aromatic heterocycles. The Morgan fingerprint density at radius 1 is 1.22 bits per heavy atom. The molecule has 4 nitrogen and oxygen atoms in total. The van der Waals surface area contributed by atoms with Gasteiger partial charge in [0.2, 0.25) is 11.8 Å². The number of thioether (sulfide) groups is 1. The third kappa shape index (κ3) is 3.25. The van der Waals surface area contributed by atoms with Crippen molar-refractivity contribution in [3.63, 3.8) is 0 Å². The lowest BCUT2D eigenvalue weighted by Crippen LogP contribution is -2.52. The number of fused-ring (bicyclic) bond motifs is 2. The Morgan fingerprint density at radius 2 is 2.04 bits per heavy atom. The standard InChI is InChI=1S/C21H19FN2O2S/c1-27-19-8-3-2-7-17(19)24-16-12-18(21(24)26)23(13-16)20(25)10-9-14-5-4-6-15(22)11-14/h2-11,16,18H,12-13H2,1H3/b10-9+/t16-,18-/m0/s1. The highest BCUT2D eigenvalue weighted by Gasteiger charge is 2.51. The van der Waals surface area contributed by atoms with Crippen LogP contribution in [-0.4, -0.2) is 41.6 Å². The van der Waals surface area contributed by atoms with Gasteiger partial charge in [0.05, 0.1) is 11.7 Å². The van der Waals surface area contributed by atoms with Crippen molar-refractivity contribution >= 4 is 35.3 Å². The van der Waals surface area contributed by atoms with Crippen LogP contribution in [-0.2, 0) is 9.59 Å². The first-order chi connectivity index (χ1) is 13.1. The Bertz CT molecular complexity index is 930. The van der Waals surface area contributed by atoms with Crippen LogP contribution in [0, 0.1) is 5.82 Å². The molecular formula is C21H19FN2O2S. The number of para-hydroxylation sites is 1. The fourth-order valence-corrected chi connectivity index (χ4v) is 4.43. The van der Waals surface area contributed by atoms with E-state index in [2.05, 4.69) is 0 Å². The second-order valence-corrected chi connectivity index (χ2v) is 7.51. The van der Waals surface area contributed by atoms with Gasteiger partial charge in [-0.1, -0.05) is 24.3 Å². The van der Waals surface area contributed by atoms with E-state index in [9.17, 15) is 14.0 Å². The molecule has 2 aromatic rings. The summed E-state index contributed by atoms with van der Waals surface area (Å²) in [5.41, 5.74) is 1.54. The summed E-state index contributed by atoms with van der Waals surface area (Å²) in [6.07, 6.45) is 5.65. The molecule has 0 saturated carbocycles. The minimum atomic E-state index is -0.422. The Hall–Kier alpha value is -2.60. The Morgan fingerprint density at radius 3 is 2.78 bits per heavy atom. The lowest BCUT2D eigenvalue weighted by Gasteiger charge is -2.34. The number of rotatable bonds is 4. The molecule has 0 radical (unpaired) electrons. The van der Waals surface area contributed by atoms with E-state index in [4.69, 9.17) is 0 Å². The summed E-state index contributed by atoms with van der Waals surface area (Å²) in [5, 5.41) is 0. The fourth-order valence-electron chi connectivity index (χ4n) is 3.84. The van der Waals surface area contributed by atoms with Crippen molar-refractivity contribution in [1.29, 1.82) is 0 Å². The first kappa shape index (κ1) is 17.8. The zero-order valence-electron chi connectivity index (χ0n) is 14.8. The van der Waals surface area contributed by atoms with Gasteiger partial charge in [-0.05, 0) is 48.6 Å². The molecule has 4 rings (SSSR count). The minimum Gasteiger partial charge on any atom is -0.325 e. The molecule has 2 aliphatic rings. The number of carbonyl (C=O) groups is 2. The van der Waals surface area contributed by atoms with Crippen molar-refractivity contribution < 1.29 is 14.0 Å². The van der Waals surface area contributed by atoms with Crippen LogP contribution in [0.1, 0.15) is 12.0 Å². The van der Waals surface area contributed by atoms with E-state index in [0.29, 0.717) is 18.5 Å². The zero-order valence-corrected chi connectivity index (χ0v) is 15.7. The summed E-state index contributed by atoms with van der Waals surface area (Å²) < 4.78 is 13.3. The van der Waals surface area contributed by atoms with Crippen LogP contribution in [0.4, 0.5) is 10.1 Å². The molecule has 0 spiro atoms. The number of amides is 2. The number of piperazine rings is 1. The van der Waals surface area contributed by atoms with Gasteiger partial charge in [-0.15, -0.1) is 11.8 Å². The molecule has 0 aliphatic carbocycles. The van der Waals surface area contributed by atoms with Gasteiger partial charge < -0.3 is 9.80 Å². The van der Waals surface area contributed by atoms with E-state index in [-0.39, 0.29) is 23.7 Å². The first-order valence-electron chi connectivity index (χ1n) is 8.79. The lowest BCUT2D eigenvalue weighted by molar-refractivity contribution is -0.134. The van der Waals surface area contributed by atoms with Gasteiger partial charge in [-0.2, -0.15) is 0 Å². The predicted molar refractivity (Wildman–Crippen MR) is 105 cm³/mol. The molecule has 2 atom stereocenters. The number of anilines is 1. The van der Waals surface area contributed by atoms with Gasteiger partial charge in [-0.3, -0.25) is 9.59 Å². The van der Waals surface area contributed by atoms with Crippen molar-refractivity contribution in [3.8, 4) is 0 Å². The van der Waals surface area contributed by atoms with Crippen molar-refractivity contribution in [2.24, 2.45) is 0 Å².